The van der Waals surface area contributed by atoms with Gasteiger partial charge in [-0.25, -0.2) is 4.52 Å². The van der Waals surface area contributed by atoms with Gasteiger partial charge in [0.15, 0.2) is 5.65 Å². The van der Waals surface area contributed by atoms with E-state index < -0.39 is 0 Å². The molecular formula is C14H22BrN5. The smallest absolute Gasteiger partial charge is 0.243 e. The number of rotatable bonds is 7. The summed E-state index contributed by atoms with van der Waals surface area (Å²) in [7, 11) is 2.17. The maximum atomic E-state index is 4.42. The third kappa shape index (κ3) is 4.18. The minimum Gasteiger partial charge on any atom is -0.353 e. The van der Waals surface area contributed by atoms with E-state index in [1.54, 1.807) is 4.52 Å². The second kappa shape index (κ2) is 7.04. The molecule has 0 aliphatic rings. The first kappa shape index (κ1) is 15.3. The molecule has 0 atom stereocenters. The highest BCUT2D eigenvalue weighted by Crippen LogP contribution is 2.12. The highest BCUT2D eigenvalue weighted by Gasteiger charge is 2.04. The SMILES string of the molecule is CC(C)N(C)CCCCNc1nc2ccc(Br)cn2n1. The molecule has 1 N–H and O–H groups in total. The normalized spacial score (nSPS) is 11.7. The zero-order valence-electron chi connectivity index (χ0n) is 12.3. The predicted molar refractivity (Wildman–Crippen MR) is 86.2 cm³/mol. The van der Waals surface area contributed by atoms with Gasteiger partial charge in [-0.15, -0.1) is 5.10 Å². The lowest BCUT2D eigenvalue weighted by molar-refractivity contribution is 0.269. The number of nitrogens with zero attached hydrogens (tertiary/aromatic N) is 4. The first-order valence-corrected chi connectivity index (χ1v) is 7.81. The third-order valence-electron chi connectivity index (χ3n) is 3.40. The number of anilines is 1. The fraction of sp³-hybridized carbons (Fsp3) is 0.571. The van der Waals surface area contributed by atoms with Crippen molar-refractivity contribution in [3.05, 3.63) is 22.8 Å². The number of aromatic nitrogens is 3. The Morgan fingerprint density at radius 2 is 2.15 bits per heavy atom. The molecule has 0 fully saturated rings. The van der Waals surface area contributed by atoms with Crippen molar-refractivity contribution in [1.82, 2.24) is 19.5 Å². The number of nitrogens with one attached hydrogen (secondary N) is 1. The van der Waals surface area contributed by atoms with Gasteiger partial charge >= 0.3 is 0 Å². The number of pyridine rings is 1. The van der Waals surface area contributed by atoms with Gasteiger partial charge in [0.1, 0.15) is 0 Å². The van der Waals surface area contributed by atoms with Crippen molar-refractivity contribution < 1.29 is 0 Å². The predicted octanol–water partition coefficient (Wildman–Crippen LogP) is 3.02. The summed E-state index contributed by atoms with van der Waals surface area (Å²) < 4.78 is 2.78. The third-order valence-corrected chi connectivity index (χ3v) is 3.87. The van der Waals surface area contributed by atoms with Gasteiger partial charge in [0.2, 0.25) is 5.95 Å². The standard InChI is InChI=1S/C14H22BrN5/c1-11(2)19(3)9-5-4-8-16-14-17-13-7-6-12(15)10-20(13)18-14/h6-7,10-11H,4-5,8-9H2,1-3H3,(H,16,18). The minimum atomic E-state index is 0.613. The Labute approximate surface area is 128 Å². The topological polar surface area (TPSA) is 45.5 Å². The quantitative estimate of drug-likeness (QED) is 0.787. The average molecular weight is 340 g/mol. The van der Waals surface area contributed by atoms with Crippen LogP contribution in [-0.2, 0) is 0 Å². The van der Waals surface area contributed by atoms with Gasteiger partial charge in [0, 0.05) is 23.3 Å². The Kier molecular flexibility index (Phi) is 5.37. The lowest BCUT2D eigenvalue weighted by Gasteiger charge is -2.20. The van der Waals surface area contributed by atoms with Crippen LogP contribution in [0.1, 0.15) is 26.7 Å². The van der Waals surface area contributed by atoms with E-state index in [0.717, 1.165) is 29.6 Å². The molecule has 5 nitrogen and oxygen atoms in total. The van der Waals surface area contributed by atoms with Gasteiger partial charge < -0.3 is 10.2 Å². The molecule has 6 heteroatoms. The number of hydrogen-bond donors (Lipinski definition) is 1. The Hall–Kier alpha value is -1.14. The van der Waals surface area contributed by atoms with E-state index >= 15 is 0 Å². The number of halogens is 1. The Morgan fingerprint density at radius 3 is 2.90 bits per heavy atom. The molecule has 20 heavy (non-hydrogen) atoms. The molecule has 0 amide bonds. The molecule has 0 aliphatic heterocycles. The van der Waals surface area contributed by atoms with Crippen LogP contribution in [0.25, 0.3) is 5.65 Å². The van der Waals surface area contributed by atoms with Crippen LogP contribution in [0, 0.1) is 0 Å². The molecule has 2 aromatic rings. The Balaban J connectivity index is 1.76. The van der Waals surface area contributed by atoms with Crippen molar-refractivity contribution in [2.75, 3.05) is 25.5 Å². The van der Waals surface area contributed by atoms with Crippen LogP contribution in [0.2, 0.25) is 0 Å². The highest BCUT2D eigenvalue weighted by molar-refractivity contribution is 9.10. The lowest BCUT2D eigenvalue weighted by atomic mass is 10.2. The minimum absolute atomic E-state index is 0.613. The summed E-state index contributed by atoms with van der Waals surface area (Å²) in [5.41, 5.74) is 0.857. The fourth-order valence-corrected chi connectivity index (χ4v) is 2.20. The van der Waals surface area contributed by atoms with Gasteiger partial charge in [-0.3, -0.25) is 0 Å². The first-order chi connectivity index (χ1) is 9.56. The summed E-state index contributed by atoms with van der Waals surface area (Å²) >= 11 is 3.43. The second-order valence-electron chi connectivity index (χ2n) is 5.29. The van der Waals surface area contributed by atoms with Crippen LogP contribution in [0.3, 0.4) is 0 Å². The largest absolute Gasteiger partial charge is 0.353 e. The van der Waals surface area contributed by atoms with Gasteiger partial charge in [0.25, 0.3) is 0 Å². The maximum absolute atomic E-state index is 4.42. The van der Waals surface area contributed by atoms with E-state index in [-0.39, 0.29) is 0 Å². The van der Waals surface area contributed by atoms with Gasteiger partial charge in [-0.1, -0.05) is 0 Å². The molecule has 0 saturated heterocycles. The van der Waals surface area contributed by atoms with E-state index in [0.29, 0.717) is 12.0 Å². The van der Waals surface area contributed by atoms with Crippen LogP contribution in [0.5, 0.6) is 0 Å². The van der Waals surface area contributed by atoms with Crippen LogP contribution >= 0.6 is 15.9 Å². The van der Waals surface area contributed by atoms with Crippen molar-refractivity contribution in [2.24, 2.45) is 0 Å². The second-order valence-corrected chi connectivity index (χ2v) is 6.21. The fourth-order valence-electron chi connectivity index (χ4n) is 1.88. The molecule has 2 heterocycles. The average Bonchev–Trinajstić information content (AvgIpc) is 2.79. The van der Waals surface area contributed by atoms with E-state index in [1.165, 1.54) is 6.42 Å². The monoisotopic (exact) mass is 339 g/mol. The highest BCUT2D eigenvalue weighted by atomic mass is 79.9. The molecule has 0 aromatic carbocycles. The van der Waals surface area contributed by atoms with Crippen molar-refractivity contribution in [3.8, 4) is 0 Å². The van der Waals surface area contributed by atoms with Gasteiger partial charge in [-0.05, 0) is 68.3 Å². The molecule has 2 aromatic heterocycles. The van der Waals surface area contributed by atoms with E-state index in [4.69, 9.17) is 0 Å². The molecule has 0 bridgehead atoms. The number of hydrogen-bond acceptors (Lipinski definition) is 4. The Morgan fingerprint density at radius 1 is 1.35 bits per heavy atom. The summed E-state index contributed by atoms with van der Waals surface area (Å²) in [4.78, 5) is 6.79. The molecule has 110 valence electrons. The summed E-state index contributed by atoms with van der Waals surface area (Å²) in [5.74, 6) is 0.695. The molecule has 0 radical (unpaired) electrons. The van der Waals surface area contributed by atoms with Crippen molar-refractivity contribution in [1.29, 1.82) is 0 Å². The summed E-state index contributed by atoms with van der Waals surface area (Å²) in [6.45, 7) is 6.48. The molecular weight excluding hydrogens is 318 g/mol. The van der Waals surface area contributed by atoms with E-state index in [9.17, 15) is 0 Å². The zero-order chi connectivity index (χ0) is 14.5. The van der Waals surface area contributed by atoms with Crippen molar-refractivity contribution >= 4 is 27.5 Å². The van der Waals surface area contributed by atoms with Gasteiger partial charge in [0.05, 0.1) is 0 Å². The summed E-state index contributed by atoms with van der Waals surface area (Å²) in [5, 5.41) is 7.67. The number of unbranched alkanes of at least 4 members (excludes halogenated alkanes) is 1. The lowest BCUT2D eigenvalue weighted by Crippen LogP contribution is -2.27. The summed E-state index contributed by atoms with van der Waals surface area (Å²) in [6.07, 6.45) is 4.21. The van der Waals surface area contributed by atoms with Gasteiger partial charge in [-0.2, -0.15) is 4.98 Å². The van der Waals surface area contributed by atoms with Crippen molar-refractivity contribution in [2.45, 2.75) is 32.7 Å². The van der Waals surface area contributed by atoms with Crippen LogP contribution in [0.15, 0.2) is 22.8 Å². The molecule has 0 unspecified atom stereocenters. The summed E-state index contributed by atoms with van der Waals surface area (Å²) in [6, 6.07) is 4.52. The molecule has 0 aliphatic carbocycles. The zero-order valence-corrected chi connectivity index (χ0v) is 13.9. The van der Waals surface area contributed by atoms with E-state index in [2.05, 4.69) is 57.1 Å². The molecule has 0 saturated carbocycles. The van der Waals surface area contributed by atoms with Crippen LogP contribution < -0.4 is 5.32 Å². The van der Waals surface area contributed by atoms with Crippen molar-refractivity contribution in [3.63, 3.8) is 0 Å². The first-order valence-electron chi connectivity index (χ1n) is 7.02. The van der Waals surface area contributed by atoms with E-state index in [1.807, 2.05) is 18.3 Å². The van der Waals surface area contributed by atoms with Crippen LogP contribution in [0.4, 0.5) is 5.95 Å². The molecule has 0 spiro atoms. The number of fused-ring (bicyclic) bond motifs is 1. The Bertz CT molecular complexity index is 551. The molecule has 2 rings (SSSR count). The van der Waals surface area contributed by atoms with Crippen LogP contribution in [-0.4, -0.2) is 45.7 Å². The maximum Gasteiger partial charge on any atom is 0.243 e.